The highest BCUT2D eigenvalue weighted by Gasteiger charge is 2.29. The highest BCUT2D eigenvalue weighted by molar-refractivity contribution is 7.91. The van der Waals surface area contributed by atoms with E-state index in [1.54, 1.807) is 13.8 Å². The van der Waals surface area contributed by atoms with Gasteiger partial charge in [-0.15, -0.1) is 0 Å². The Kier molecular flexibility index (Phi) is 5.79. The van der Waals surface area contributed by atoms with Crippen LogP contribution in [0.5, 0.6) is 5.75 Å². The minimum atomic E-state index is -4.00. The van der Waals surface area contributed by atoms with Crippen LogP contribution in [0.25, 0.3) is 0 Å². The summed E-state index contributed by atoms with van der Waals surface area (Å²) >= 11 is 0. The molecule has 0 atom stereocenters. The summed E-state index contributed by atoms with van der Waals surface area (Å²) in [6.45, 7) is 3.54. The third-order valence-corrected chi connectivity index (χ3v) is 6.58. The van der Waals surface area contributed by atoms with Gasteiger partial charge in [0.1, 0.15) is 10.6 Å². The molecule has 0 aliphatic heterocycles. The second kappa shape index (κ2) is 7.38. The first kappa shape index (κ1) is 20.4. The van der Waals surface area contributed by atoms with Gasteiger partial charge < -0.3 is 4.74 Å². The van der Waals surface area contributed by atoms with Gasteiger partial charge in [-0.1, -0.05) is 30.3 Å². The predicted molar refractivity (Wildman–Crippen MR) is 101 cm³/mol. The Morgan fingerprint density at radius 1 is 1.00 bits per heavy atom. The fourth-order valence-corrected chi connectivity index (χ4v) is 4.99. The van der Waals surface area contributed by atoms with Crippen LogP contribution >= 0.6 is 0 Å². The van der Waals surface area contributed by atoms with Crippen LogP contribution in [0.3, 0.4) is 0 Å². The van der Waals surface area contributed by atoms with Crippen molar-refractivity contribution in [3.8, 4) is 5.75 Å². The number of methoxy groups -OCH3 is 1. The molecule has 2 aromatic rings. The molecule has 2 rings (SSSR count). The van der Waals surface area contributed by atoms with Crippen LogP contribution < -0.4 is 9.46 Å². The average Bonchev–Trinajstić information content (AvgIpc) is 2.52. The monoisotopic (exact) mass is 397 g/mol. The summed E-state index contributed by atoms with van der Waals surface area (Å²) in [6.07, 6.45) is 1.50. The number of hydrogen-bond donors (Lipinski definition) is 1. The molecule has 0 radical (unpaired) electrons. The summed E-state index contributed by atoms with van der Waals surface area (Å²) in [5, 5.41) is 0. The standard InChI is InChI=1S/C18H23NO5S2/c1-18(2,13-14-8-6-5-7-9-14)19-26(22,23)17-12-15(25(4,20)21)10-11-16(17)24-3/h5-12,19H,13H2,1-4H3. The lowest BCUT2D eigenvalue weighted by Gasteiger charge is -2.26. The van der Waals surface area contributed by atoms with Gasteiger partial charge in [0.05, 0.1) is 12.0 Å². The van der Waals surface area contributed by atoms with E-state index >= 15 is 0 Å². The second-order valence-corrected chi connectivity index (χ2v) is 10.4. The molecule has 8 heteroatoms. The van der Waals surface area contributed by atoms with Crippen LogP contribution in [0.4, 0.5) is 0 Å². The zero-order chi connectivity index (χ0) is 19.6. The summed E-state index contributed by atoms with van der Waals surface area (Å²) in [5.74, 6) is 0.0837. The molecule has 2 aromatic carbocycles. The number of rotatable bonds is 7. The van der Waals surface area contributed by atoms with Crippen LogP contribution in [-0.4, -0.2) is 35.7 Å². The first-order valence-electron chi connectivity index (χ1n) is 7.91. The first-order valence-corrected chi connectivity index (χ1v) is 11.3. The lowest BCUT2D eigenvalue weighted by Crippen LogP contribution is -2.45. The summed E-state index contributed by atoms with van der Waals surface area (Å²) in [5.41, 5.74) is 0.198. The normalized spacial score (nSPS) is 12.8. The Hall–Kier alpha value is -1.90. The van der Waals surface area contributed by atoms with Gasteiger partial charge in [-0.05, 0) is 44.0 Å². The van der Waals surface area contributed by atoms with E-state index in [-0.39, 0.29) is 15.5 Å². The molecule has 0 amide bonds. The topological polar surface area (TPSA) is 89.5 Å². The molecular formula is C18H23NO5S2. The van der Waals surface area contributed by atoms with Crippen molar-refractivity contribution in [3.63, 3.8) is 0 Å². The van der Waals surface area contributed by atoms with Gasteiger partial charge in [-0.2, -0.15) is 0 Å². The molecule has 1 N–H and O–H groups in total. The van der Waals surface area contributed by atoms with Crippen LogP contribution in [-0.2, 0) is 26.3 Å². The van der Waals surface area contributed by atoms with E-state index in [0.717, 1.165) is 17.9 Å². The van der Waals surface area contributed by atoms with Crippen molar-refractivity contribution in [1.82, 2.24) is 4.72 Å². The maximum absolute atomic E-state index is 12.9. The van der Waals surface area contributed by atoms with Crippen LogP contribution in [0.2, 0.25) is 0 Å². The van der Waals surface area contributed by atoms with Crippen molar-refractivity contribution < 1.29 is 21.6 Å². The predicted octanol–water partition coefficient (Wildman–Crippen LogP) is 2.40. The van der Waals surface area contributed by atoms with Gasteiger partial charge in [-0.25, -0.2) is 21.6 Å². The maximum atomic E-state index is 12.9. The van der Waals surface area contributed by atoms with E-state index in [1.807, 2.05) is 30.3 Å². The molecule has 6 nitrogen and oxygen atoms in total. The minimum absolute atomic E-state index is 0.0837. The lowest BCUT2D eigenvalue weighted by atomic mass is 9.96. The second-order valence-electron chi connectivity index (χ2n) is 6.74. The summed E-state index contributed by atoms with van der Waals surface area (Å²) in [4.78, 5) is -0.288. The van der Waals surface area contributed by atoms with Gasteiger partial charge >= 0.3 is 0 Å². The number of sulfonamides is 1. The highest BCUT2D eigenvalue weighted by Crippen LogP contribution is 2.28. The Balaban J connectivity index is 2.40. The lowest BCUT2D eigenvalue weighted by molar-refractivity contribution is 0.399. The summed E-state index contributed by atoms with van der Waals surface area (Å²) in [6, 6.07) is 13.3. The highest BCUT2D eigenvalue weighted by atomic mass is 32.2. The van der Waals surface area contributed by atoms with Crippen molar-refractivity contribution >= 4 is 19.9 Å². The SMILES string of the molecule is COc1ccc(S(C)(=O)=O)cc1S(=O)(=O)NC(C)(C)Cc1ccccc1. The molecule has 0 bridgehead atoms. The van der Waals surface area contributed by atoms with Gasteiger partial charge in [0.2, 0.25) is 10.0 Å². The molecule has 142 valence electrons. The van der Waals surface area contributed by atoms with Crippen molar-refractivity contribution in [2.24, 2.45) is 0 Å². The quantitative estimate of drug-likeness (QED) is 0.775. The van der Waals surface area contributed by atoms with Crippen LogP contribution in [0.1, 0.15) is 19.4 Å². The number of nitrogens with one attached hydrogen (secondary N) is 1. The van der Waals surface area contributed by atoms with Crippen LogP contribution in [0.15, 0.2) is 58.3 Å². The number of hydrogen-bond acceptors (Lipinski definition) is 5. The minimum Gasteiger partial charge on any atom is -0.495 e. The number of ether oxygens (including phenoxy) is 1. The Morgan fingerprint density at radius 2 is 1.62 bits per heavy atom. The molecular weight excluding hydrogens is 374 g/mol. The molecule has 0 spiro atoms. The Bertz CT molecular complexity index is 981. The molecule has 0 saturated heterocycles. The number of sulfone groups is 1. The molecule has 0 heterocycles. The average molecular weight is 398 g/mol. The Morgan fingerprint density at radius 3 is 2.15 bits per heavy atom. The molecule has 0 saturated carbocycles. The molecule has 0 aromatic heterocycles. The van der Waals surface area contributed by atoms with Gasteiger partial charge in [0.25, 0.3) is 0 Å². The van der Waals surface area contributed by atoms with Gasteiger partial charge in [0, 0.05) is 11.8 Å². The summed E-state index contributed by atoms with van der Waals surface area (Å²) in [7, 11) is -6.22. The number of benzene rings is 2. The fraction of sp³-hybridized carbons (Fsp3) is 0.333. The largest absolute Gasteiger partial charge is 0.495 e. The molecule has 0 aliphatic carbocycles. The van der Waals surface area contributed by atoms with Gasteiger partial charge in [0.15, 0.2) is 9.84 Å². The smallest absolute Gasteiger partial charge is 0.244 e. The van der Waals surface area contributed by atoms with Crippen molar-refractivity contribution in [1.29, 1.82) is 0 Å². The Labute approximate surface area is 155 Å². The van der Waals surface area contributed by atoms with E-state index in [9.17, 15) is 16.8 Å². The van der Waals surface area contributed by atoms with E-state index in [0.29, 0.717) is 6.42 Å². The van der Waals surface area contributed by atoms with Crippen LogP contribution in [0, 0.1) is 0 Å². The zero-order valence-electron chi connectivity index (χ0n) is 15.2. The third-order valence-electron chi connectivity index (χ3n) is 3.75. The zero-order valence-corrected chi connectivity index (χ0v) is 16.8. The van der Waals surface area contributed by atoms with E-state index < -0.39 is 25.4 Å². The van der Waals surface area contributed by atoms with E-state index in [4.69, 9.17) is 4.74 Å². The van der Waals surface area contributed by atoms with Gasteiger partial charge in [-0.3, -0.25) is 0 Å². The first-order chi connectivity index (χ1) is 11.9. The van der Waals surface area contributed by atoms with Crippen molar-refractivity contribution in [3.05, 3.63) is 54.1 Å². The van der Waals surface area contributed by atoms with Crippen molar-refractivity contribution in [2.45, 2.75) is 35.6 Å². The molecule has 26 heavy (non-hydrogen) atoms. The fourth-order valence-electron chi connectivity index (χ4n) is 2.66. The molecule has 0 unspecified atom stereocenters. The third kappa shape index (κ3) is 5.06. The van der Waals surface area contributed by atoms with E-state index in [1.165, 1.54) is 19.2 Å². The molecule has 0 aliphatic rings. The maximum Gasteiger partial charge on any atom is 0.244 e. The molecule has 0 fully saturated rings. The van der Waals surface area contributed by atoms with E-state index in [2.05, 4.69) is 4.72 Å². The summed E-state index contributed by atoms with van der Waals surface area (Å²) < 4.78 is 57.2. The van der Waals surface area contributed by atoms with Crippen molar-refractivity contribution in [2.75, 3.05) is 13.4 Å².